The van der Waals surface area contributed by atoms with Gasteiger partial charge in [0.1, 0.15) is 0 Å². The number of carbonyl (C=O) groups excluding carboxylic acids is 2. The number of hydrogen-bond acceptors (Lipinski definition) is 3. The smallest absolute Gasteiger partial charge is 0.303 e. The molecule has 1 aromatic rings. The zero-order valence-electron chi connectivity index (χ0n) is 14.1. The summed E-state index contributed by atoms with van der Waals surface area (Å²) >= 11 is 0. The van der Waals surface area contributed by atoms with Gasteiger partial charge in [0.15, 0.2) is 0 Å². The molecule has 3 unspecified atom stereocenters. The number of nitrogens with zero attached hydrogens (tertiary/aromatic N) is 1. The summed E-state index contributed by atoms with van der Waals surface area (Å²) in [5, 5.41) is 11.5. The third-order valence-corrected chi connectivity index (χ3v) is 4.43. The van der Waals surface area contributed by atoms with E-state index in [0.717, 1.165) is 5.56 Å². The van der Waals surface area contributed by atoms with Crippen LogP contribution in [-0.4, -0.2) is 40.9 Å². The number of aliphatic carboxylic acids is 1. The van der Waals surface area contributed by atoms with Gasteiger partial charge < -0.3 is 15.3 Å². The first-order chi connectivity index (χ1) is 11.4. The van der Waals surface area contributed by atoms with Gasteiger partial charge in [-0.25, -0.2) is 0 Å². The summed E-state index contributed by atoms with van der Waals surface area (Å²) in [6, 6.07) is 9.66. The van der Waals surface area contributed by atoms with Crippen molar-refractivity contribution < 1.29 is 19.5 Å². The van der Waals surface area contributed by atoms with Crippen molar-refractivity contribution in [3.8, 4) is 0 Å². The van der Waals surface area contributed by atoms with Crippen LogP contribution in [0.3, 0.4) is 0 Å². The Morgan fingerprint density at radius 2 is 1.96 bits per heavy atom. The Morgan fingerprint density at radius 3 is 2.58 bits per heavy atom. The van der Waals surface area contributed by atoms with Crippen LogP contribution >= 0.6 is 0 Å². The Kier molecular flexibility index (Phi) is 5.95. The summed E-state index contributed by atoms with van der Waals surface area (Å²) in [6.45, 7) is 4.44. The molecule has 1 aliphatic rings. The second-order valence-electron chi connectivity index (χ2n) is 6.48. The van der Waals surface area contributed by atoms with Gasteiger partial charge in [0, 0.05) is 25.9 Å². The van der Waals surface area contributed by atoms with Crippen molar-refractivity contribution in [3.05, 3.63) is 35.9 Å². The van der Waals surface area contributed by atoms with Gasteiger partial charge in [-0.15, -0.1) is 0 Å². The Bertz CT molecular complexity index is 602. The van der Waals surface area contributed by atoms with E-state index in [-0.39, 0.29) is 42.5 Å². The summed E-state index contributed by atoms with van der Waals surface area (Å²) in [4.78, 5) is 36.9. The quantitative estimate of drug-likeness (QED) is 0.797. The van der Waals surface area contributed by atoms with Crippen molar-refractivity contribution in [1.82, 2.24) is 10.2 Å². The maximum absolute atomic E-state index is 12.3. The predicted molar refractivity (Wildman–Crippen MR) is 89.1 cm³/mol. The van der Waals surface area contributed by atoms with Crippen LogP contribution in [0.2, 0.25) is 0 Å². The molecule has 2 rings (SSSR count). The number of nitrogens with one attached hydrogen (secondary N) is 1. The molecule has 2 N–H and O–H groups in total. The maximum Gasteiger partial charge on any atom is 0.303 e. The van der Waals surface area contributed by atoms with Gasteiger partial charge in [0.2, 0.25) is 11.8 Å². The number of carboxylic acids is 1. The van der Waals surface area contributed by atoms with E-state index < -0.39 is 5.97 Å². The number of carboxylic acid groups (broad SMARTS) is 1. The molecule has 130 valence electrons. The van der Waals surface area contributed by atoms with E-state index in [1.807, 2.05) is 37.3 Å². The molecule has 3 atom stereocenters. The largest absolute Gasteiger partial charge is 0.481 e. The molecule has 0 aliphatic carbocycles. The molecule has 1 heterocycles. The molecule has 0 bridgehead atoms. The summed E-state index contributed by atoms with van der Waals surface area (Å²) in [5.41, 5.74) is 1.04. The minimum Gasteiger partial charge on any atom is -0.481 e. The molecular formula is C18H24N2O4. The van der Waals surface area contributed by atoms with Gasteiger partial charge in [-0.1, -0.05) is 37.3 Å². The van der Waals surface area contributed by atoms with Crippen molar-refractivity contribution >= 4 is 17.8 Å². The highest BCUT2D eigenvalue weighted by molar-refractivity contribution is 5.89. The van der Waals surface area contributed by atoms with Crippen molar-refractivity contribution in [3.63, 3.8) is 0 Å². The average molecular weight is 332 g/mol. The number of hydrogen-bond donors (Lipinski definition) is 2. The highest BCUT2D eigenvalue weighted by Gasteiger charge is 2.36. The first-order valence-corrected chi connectivity index (χ1v) is 8.22. The van der Waals surface area contributed by atoms with Crippen LogP contribution in [-0.2, 0) is 14.4 Å². The van der Waals surface area contributed by atoms with Crippen LogP contribution in [0, 0.1) is 11.8 Å². The van der Waals surface area contributed by atoms with Crippen LogP contribution in [0.5, 0.6) is 0 Å². The van der Waals surface area contributed by atoms with E-state index in [9.17, 15) is 14.4 Å². The van der Waals surface area contributed by atoms with Gasteiger partial charge >= 0.3 is 5.97 Å². The van der Waals surface area contributed by atoms with Gasteiger partial charge in [-0.3, -0.25) is 14.4 Å². The number of benzene rings is 1. The molecule has 0 aromatic heterocycles. The molecule has 0 spiro atoms. The van der Waals surface area contributed by atoms with Crippen LogP contribution in [0.15, 0.2) is 30.3 Å². The molecule has 0 saturated carbocycles. The second kappa shape index (κ2) is 7.95. The van der Waals surface area contributed by atoms with Crippen molar-refractivity contribution in [2.24, 2.45) is 11.8 Å². The minimum atomic E-state index is -0.879. The molecule has 6 nitrogen and oxygen atoms in total. The zero-order valence-corrected chi connectivity index (χ0v) is 14.1. The summed E-state index contributed by atoms with van der Waals surface area (Å²) in [6.07, 6.45) is 0.220. The summed E-state index contributed by atoms with van der Waals surface area (Å²) in [5.74, 6) is -1.59. The summed E-state index contributed by atoms with van der Waals surface area (Å²) < 4.78 is 0. The fourth-order valence-electron chi connectivity index (χ4n) is 2.98. The third kappa shape index (κ3) is 4.57. The Morgan fingerprint density at radius 1 is 1.29 bits per heavy atom. The van der Waals surface area contributed by atoms with E-state index in [2.05, 4.69) is 5.32 Å². The molecule has 1 aliphatic heterocycles. The van der Waals surface area contributed by atoms with E-state index in [4.69, 9.17) is 5.11 Å². The molecular weight excluding hydrogens is 308 g/mol. The summed E-state index contributed by atoms with van der Waals surface area (Å²) in [7, 11) is 0. The molecule has 24 heavy (non-hydrogen) atoms. The van der Waals surface area contributed by atoms with Crippen LogP contribution in [0.4, 0.5) is 0 Å². The van der Waals surface area contributed by atoms with Gasteiger partial charge in [0.05, 0.1) is 12.0 Å². The van der Waals surface area contributed by atoms with E-state index >= 15 is 0 Å². The highest BCUT2D eigenvalue weighted by Crippen LogP contribution is 2.28. The lowest BCUT2D eigenvalue weighted by molar-refractivity contribution is -0.138. The molecule has 1 saturated heterocycles. The molecule has 0 radical (unpaired) electrons. The molecule has 1 fully saturated rings. The third-order valence-electron chi connectivity index (χ3n) is 4.43. The molecule has 6 heteroatoms. The van der Waals surface area contributed by atoms with Gasteiger partial charge in [0.25, 0.3) is 0 Å². The first kappa shape index (κ1) is 18.0. The van der Waals surface area contributed by atoms with E-state index in [1.54, 1.807) is 11.8 Å². The van der Waals surface area contributed by atoms with E-state index in [1.165, 1.54) is 0 Å². The topological polar surface area (TPSA) is 86.7 Å². The number of carbonyl (C=O) groups is 3. The maximum atomic E-state index is 12.3. The monoisotopic (exact) mass is 332 g/mol. The van der Waals surface area contributed by atoms with Gasteiger partial charge in [-0.2, -0.15) is 0 Å². The highest BCUT2D eigenvalue weighted by atomic mass is 16.4. The lowest BCUT2D eigenvalue weighted by Crippen LogP contribution is -2.36. The molecule has 1 aromatic carbocycles. The number of rotatable bonds is 7. The van der Waals surface area contributed by atoms with E-state index in [0.29, 0.717) is 13.1 Å². The second-order valence-corrected chi connectivity index (χ2v) is 6.48. The Balaban J connectivity index is 1.89. The lowest BCUT2D eigenvalue weighted by atomic mass is 10.1. The fraction of sp³-hybridized carbons (Fsp3) is 0.500. The van der Waals surface area contributed by atoms with Crippen LogP contribution < -0.4 is 5.32 Å². The minimum absolute atomic E-state index is 0.0149. The van der Waals surface area contributed by atoms with Crippen molar-refractivity contribution in [2.75, 3.05) is 13.1 Å². The number of likely N-dealkylation sites (tertiary alicyclic amines) is 1. The zero-order chi connectivity index (χ0) is 17.7. The molecule has 2 amide bonds. The predicted octanol–water partition coefficient (Wildman–Crippen LogP) is 1.82. The normalized spacial score (nSPS) is 19.8. The fourth-order valence-corrected chi connectivity index (χ4v) is 2.98. The van der Waals surface area contributed by atoms with Crippen molar-refractivity contribution in [1.29, 1.82) is 0 Å². The van der Waals surface area contributed by atoms with Gasteiger partial charge in [-0.05, 0) is 18.4 Å². The van der Waals surface area contributed by atoms with Crippen molar-refractivity contribution in [2.45, 2.75) is 32.7 Å². The first-order valence-electron chi connectivity index (χ1n) is 8.22. The Hall–Kier alpha value is -2.37. The number of amides is 2. The average Bonchev–Trinajstić information content (AvgIpc) is 2.94. The van der Waals surface area contributed by atoms with Crippen LogP contribution in [0.25, 0.3) is 0 Å². The SMILES string of the molecule is CC(CNC(=O)C1CC(=O)N(C(C)c2ccccc2)C1)CC(=O)O. The Labute approximate surface area is 141 Å². The lowest BCUT2D eigenvalue weighted by Gasteiger charge is -2.25. The standard InChI is InChI=1S/C18H24N2O4/c1-12(8-17(22)23)10-19-18(24)15-9-16(21)20(11-15)13(2)14-6-4-3-5-7-14/h3-7,12-13,15H,8-11H2,1-2H3,(H,19,24)(H,22,23). The van der Waals surface area contributed by atoms with Crippen LogP contribution in [0.1, 0.15) is 38.3 Å².